The van der Waals surface area contributed by atoms with Crippen molar-refractivity contribution >= 4 is 15.9 Å². The van der Waals surface area contributed by atoms with Crippen LogP contribution in [-0.4, -0.2) is 14.3 Å². The van der Waals surface area contributed by atoms with Crippen molar-refractivity contribution in [3.63, 3.8) is 0 Å². The van der Waals surface area contributed by atoms with Crippen molar-refractivity contribution in [2.75, 3.05) is 0 Å². The summed E-state index contributed by atoms with van der Waals surface area (Å²) in [6.45, 7) is 1.90. The van der Waals surface area contributed by atoms with E-state index in [2.05, 4.69) is 5.32 Å². The number of amides is 1. The Kier molecular flexibility index (Phi) is 5.39. The first-order valence-corrected chi connectivity index (χ1v) is 9.98. The van der Waals surface area contributed by atoms with Gasteiger partial charge < -0.3 is 5.32 Å². The lowest BCUT2D eigenvalue weighted by atomic mass is 10.0. The zero-order valence-corrected chi connectivity index (χ0v) is 15.6. The molecule has 27 heavy (non-hydrogen) atoms. The van der Waals surface area contributed by atoms with Crippen molar-refractivity contribution in [1.82, 2.24) is 5.32 Å². The summed E-state index contributed by atoms with van der Waals surface area (Å²) in [5.74, 6) is -0.282. The quantitative estimate of drug-likeness (QED) is 0.710. The van der Waals surface area contributed by atoms with E-state index < -0.39 is 10.0 Å². The molecular formula is C21H20N2O3S. The van der Waals surface area contributed by atoms with E-state index in [9.17, 15) is 13.2 Å². The maximum absolute atomic E-state index is 12.4. The Morgan fingerprint density at radius 2 is 1.41 bits per heavy atom. The number of benzene rings is 3. The topological polar surface area (TPSA) is 89.3 Å². The molecular weight excluding hydrogens is 360 g/mol. The Labute approximate surface area is 158 Å². The van der Waals surface area contributed by atoms with Crippen LogP contribution in [0.3, 0.4) is 0 Å². The number of carbonyl (C=O) groups is 1. The Bertz CT molecular complexity index is 1030. The molecule has 6 heteroatoms. The van der Waals surface area contributed by atoms with E-state index in [1.165, 1.54) is 24.3 Å². The molecule has 0 saturated heterocycles. The minimum Gasteiger partial charge on any atom is -0.346 e. The molecule has 5 nitrogen and oxygen atoms in total. The van der Waals surface area contributed by atoms with E-state index in [1.54, 1.807) is 0 Å². The number of nitrogens with one attached hydrogen (secondary N) is 1. The van der Waals surface area contributed by atoms with Crippen LogP contribution in [-0.2, 0) is 10.0 Å². The zero-order chi connectivity index (χ0) is 19.4. The molecule has 0 heterocycles. The van der Waals surface area contributed by atoms with Crippen LogP contribution in [0.25, 0.3) is 11.1 Å². The van der Waals surface area contributed by atoms with Gasteiger partial charge in [-0.15, -0.1) is 0 Å². The van der Waals surface area contributed by atoms with E-state index in [-0.39, 0.29) is 16.8 Å². The standard InChI is InChI=1S/C21H20N2O3S/c1-15(16-7-9-18(10-8-16)17-5-3-2-4-6-17)23-21(24)19-11-13-20(14-12-19)27(22,25)26/h2-15H,1H3,(H,23,24)(H2,22,25,26)/t15-/m1/s1. The molecule has 1 amide bonds. The van der Waals surface area contributed by atoms with Crippen molar-refractivity contribution in [1.29, 1.82) is 0 Å². The second-order valence-corrected chi connectivity index (χ2v) is 7.81. The molecule has 1 atom stereocenters. The average Bonchev–Trinajstić information content (AvgIpc) is 2.68. The van der Waals surface area contributed by atoms with Gasteiger partial charge in [0.1, 0.15) is 0 Å². The van der Waals surface area contributed by atoms with E-state index >= 15 is 0 Å². The fourth-order valence-electron chi connectivity index (χ4n) is 2.75. The van der Waals surface area contributed by atoms with Crippen molar-refractivity contribution in [3.05, 3.63) is 90.0 Å². The highest BCUT2D eigenvalue weighted by atomic mass is 32.2. The highest BCUT2D eigenvalue weighted by Crippen LogP contribution is 2.22. The van der Waals surface area contributed by atoms with Crippen molar-refractivity contribution in [3.8, 4) is 11.1 Å². The second kappa shape index (κ2) is 7.73. The van der Waals surface area contributed by atoms with Gasteiger partial charge in [0.05, 0.1) is 10.9 Å². The van der Waals surface area contributed by atoms with Gasteiger partial charge in [-0.1, -0.05) is 54.6 Å². The van der Waals surface area contributed by atoms with Crippen LogP contribution >= 0.6 is 0 Å². The van der Waals surface area contributed by atoms with E-state index in [1.807, 2.05) is 61.5 Å². The Morgan fingerprint density at radius 3 is 1.96 bits per heavy atom. The molecule has 0 fully saturated rings. The second-order valence-electron chi connectivity index (χ2n) is 6.25. The Hall–Kier alpha value is -2.96. The average molecular weight is 380 g/mol. The SMILES string of the molecule is C[C@@H](NC(=O)c1ccc(S(N)(=O)=O)cc1)c1ccc(-c2ccccc2)cc1. The van der Waals surface area contributed by atoms with Gasteiger partial charge in [0, 0.05) is 5.56 Å². The molecule has 0 aliphatic carbocycles. The highest BCUT2D eigenvalue weighted by molar-refractivity contribution is 7.89. The molecule has 0 radical (unpaired) electrons. The number of nitrogens with two attached hydrogens (primary N) is 1. The zero-order valence-electron chi connectivity index (χ0n) is 14.8. The number of primary sulfonamides is 1. The molecule has 0 aliphatic rings. The summed E-state index contributed by atoms with van der Waals surface area (Å²) >= 11 is 0. The van der Waals surface area contributed by atoms with Gasteiger partial charge in [0.15, 0.2) is 0 Å². The third kappa shape index (κ3) is 4.61. The summed E-state index contributed by atoms with van der Waals surface area (Å²) in [5.41, 5.74) is 3.59. The van der Waals surface area contributed by atoms with Crippen LogP contribution in [0.4, 0.5) is 0 Å². The largest absolute Gasteiger partial charge is 0.346 e. The molecule has 138 valence electrons. The highest BCUT2D eigenvalue weighted by Gasteiger charge is 2.13. The van der Waals surface area contributed by atoms with E-state index in [4.69, 9.17) is 5.14 Å². The Morgan fingerprint density at radius 1 is 0.852 bits per heavy atom. The lowest BCUT2D eigenvalue weighted by Crippen LogP contribution is -2.26. The minimum absolute atomic E-state index is 0.0244. The van der Waals surface area contributed by atoms with Crippen LogP contribution in [0, 0.1) is 0 Å². The summed E-state index contributed by atoms with van der Waals surface area (Å²) in [5, 5.41) is 7.98. The monoisotopic (exact) mass is 380 g/mol. The molecule has 0 saturated carbocycles. The summed E-state index contributed by atoms with van der Waals surface area (Å²) in [6.07, 6.45) is 0. The normalized spacial score (nSPS) is 12.4. The van der Waals surface area contributed by atoms with Crippen molar-refractivity contribution < 1.29 is 13.2 Å². The van der Waals surface area contributed by atoms with Crippen LogP contribution < -0.4 is 10.5 Å². The maximum Gasteiger partial charge on any atom is 0.251 e. The Balaban J connectivity index is 1.69. The van der Waals surface area contributed by atoms with Crippen LogP contribution in [0.15, 0.2) is 83.8 Å². The van der Waals surface area contributed by atoms with Gasteiger partial charge in [0.2, 0.25) is 10.0 Å². The first-order chi connectivity index (χ1) is 12.8. The lowest BCUT2D eigenvalue weighted by molar-refractivity contribution is 0.0940. The van der Waals surface area contributed by atoms with Crippen molar-refractivity contribution in [2.45, 2.75) is 17.9 Å². The fraction of sp³-hybridized carbons (Fsp3) is 0.0952. The molecule has 3 aromatic rings. The third-order valence-electron chi connectivity index (χ3n) is 4.31. The molecule has 3 aromatic carbocycles. The molecule has 0 aliphatic heterocycles. The van der Waals surface area contributed by atoms with Gasteiger partial charge in [0.25, 0.3) is 5.91 Å². The van der Waals surface area contributed by atoms with Crippen LogP contribution in [0.2, 0.25) is 0 Å². The summed E-state index contributed by atoms with van der Waals surface area (Å²) in [4.78, 5) is 12.4. The predicted molar refractivity (Wildman–Crippen MR) is 106 cm³/mol. The van der Waals surface area contributed by atoms with Gasteiger partial charge in [-0.05, 0) is 47.9 Å². The predicted octanol–water partition coefficient (Wildman–Crippen LogP) is 3.49. The first-order valence-electron chi connectivity index (χ1n) is 8.44. The molecule has 0 spiro atoms. The van der Waals surface area contributed by atoms with Gasteiger partial charge in [-0.2, -0.15) is 0 Å². The minimum atomic E-state index is -3.77. The number of carbonyl (C=O) groups excluding carboxylic acids is 1. The molecule has 0 aromatic heterocycles. The van der Waals surface area contributed by atoms with Gasteiger partial charge in [-0.3, -0.25) is 4.79 Å². The number of rotatable bonds is 5. The first kappa shape index (κ1) is 18.8. The molecule has 3 N–H and O–H groups in total. The number of sulfonamides is 1. The summed E-state index contributed by atoms with van der Waals surface area (Å²) in [7, 11) is -3.77. The molecule has 0 bridgehead atoms. The summed E-state index contributed by atoms with van der Waals surface area (Å²) < 4.78 is 22.6. The third-order valence-corrected chi connectivity index (χ3v) is 5.24. The molecule has 0 unspecified atom stereocenters. The van der Waals surface area contributed by atoms with E-state index in [0.29, 0.717) is 5.56 Å². The van der Waals surface area contributed by atoms with E-state index in [0.717, 1.165) is 16.7 Å². The van der Waals surface area contributed by atoms with Crippen LogP contribution in [0.1, 0.15) is 28.9 Å². The molecule has 3 rings (SSSR count). The van der Waals surface area contributed by atoms with Crippen molar-refractivity contribution in [2.24, 2.45) is 5.14 Å². The number of hydrogen-bond acceptors (Lipinski definition) is 3. The lowest BCUT2D eigenvalue weighted by Gasteiger charge is -2.15. The summed E-state index contributed by atoms with van der Waals surface area (Å²) in [6, 6.07) is 23.4. The van der Waals surface area contributed by atoms with Gasteiger partial charge >= 0.3 is 0 Å². The fourth-order valence-corrected chi connectivity index (χ4v) is 3.27. The maximum atomic E-state index is 12.4. The van der Waals surface area contributed by atoms with Crippen LogP contribution in [0.5, 0.6) is 0 Å². The number of hydrogen-bond donors (Lipinski definition) is 2. The van der Waals surface area contributed by atoms with Gasteiger partial charge in [-0.25, -0.2) is 13.6 Å². The smallest absolute Gasteiger partial charge is 0.251 e.